The molecule has 3 heteroatoms. The zero-order valence-corrected chi connectivity index (χ0v) is 15.7. The molecule has 4 aromatic carbocycles. The van der Waals surface area contributed by atoms with E-state index in [1.807, 2.05) is 7.62 Å². The molecule has 0 aliphatic carbocycles. The Morgan fingerprint density at radius 1 is 0.750 bits per heavy atom. The van der Waals surface area contributed by atoms with Crippen LogP contribution in [-0.4, -0.2) is 25.0 Å². The minimum atomic E-state index is -0.454. The van der Waals surface area contributed by atoms with E-state index in [-0.39, 0.29) is 0 Å². The lowest BCUT2D eigenvalue weighted by Gasteiger charge is -2.36. The van der Waals surface area contributed by atoms with Crippen LogP contribution in [0.25, 0.3) is 21.5 Å². The highest BCUT2D eigenvalue weighted by atomic mass is 16.5. The number of rotatable bonds is 2. The van der Waals surface area contributed by atoms with Crippen LogP contribution >= 0.6 is 0 Å². The van der Waals surface area contributed by atoms with Crippen molar-refractivity contribution in [1.82, 2.24) is 4.81 Å². The molecule has 0 bridgehead atoms. The molecule has 6 rings (SSSR count). The Kier molecular flexibility index (Phi) is 3.62. The molecule has 2 aliphatic heterocycles. The van der Waals surface area contributed by atoms with Crippen molar-refractivity contribution < 1.29 is 4.65 Å². The molecule has 0 aromatic heterocycles. The van der Waals surface area contributed by atoms with Gasteiger partial charge in [0.15, 0.2) is 0 Å². The first-order valence-corrected chi connectivity index (χ1v) is 10.1. The lowest BCUT2D eigenvalue weighted by molar-refractivity contribution is 0.109. The van der Waals surface area contributed by atoms with Gasteiger partial charge in [0.25, 0.3) is 0 Å². The summed E-state index contributed by atoms with van der Waals surface area (Å²) in [4.78, 5) is 2.39. The minimum absolute atomic E-state index is 0.342. The molecule has 2 fully saturated rings. The van der Waals surface area contributed by atoms with E-state index < -0.39 is 5.60 Å². The largest absolute Gasteiger partial charge is 0.409 e. The van der Waals surface area contributed by atoms with Gasteiger partial charge in [-0.05, 0) is 64.2 Å². The summed E-state index contributed by atoms with van der Waals surface area (Å²) in [5.41, 5.74) is 2.03. The van der Waals surface area contributed by atoms with Crippen molar-refractivity contribution in [2.75, 3.05) is 6.54 Å². The lowest BCUT2D eigenvalue weighted by Crippen LogP contribution is -2.40. The molecule has 2 nitrogen and oxygen atoms in total. The number of nitrogens with zero attached hydrogens (tertiary/aromatic N) is 1. The highest BCUT2D eigenvalue weighted by Crippen LogP contribution is 2.47. The molecular formula is C25H21BNO. The number of hydrogen-bond donors (Lipinski definition) is 0. The molecule has 0 N–H and O–H groups in total. The quantitative estimate of drug-likeness (QED) is 0.451. The number of benzene rings is 4. The third kappa shape index (κ3) is 2.30. The smallest absolute Gasteiger partial charge is 0.400 e. The number of hydrogen-bond acceptors (Lipinski definition) is 2. The predicted octanol–water partition coefficient (Wildman–Crippen LogP) is 5.27. The van der Waals surface area contributed by atoms with E-state index in [4.69, 9.17) is 4.65 Å². The van der Waals surface area contributed by atoms with Crippen molar-refractivity contribution >= 4 is 29.2 Å². The minimum Gasteiger partial charge on any atom is -0.409 e. The molecular weight excluding hydrogens is 341 g/mol. The molecule has 0 amide bonds. The maximum atomic E-state index is 6.58. The fourth-order valence-electron chi connectivity index (χ4n) is 5.11. The van der Waals surface area contributed by atoms with E-state index >= 15 is 0 Å². The van der Waals surface area contributed by atoms with Gasteiger partial charge >= 0.3 is 7.62 Å². The summed E-state index contributed by atoms with van der Waals surface area (Å²) in [7, 11) is 1.97. The summed E-state index contributed by atoms with van der Waals surface area (Å²) in [5.74, 6) is 0. The van der Waals surface area contributed by atoms with Gasteiger partial charge in [0.1, 0.15) is 5.60 Å². The molecule has 2 aliphatic rings. The molecule has 0 unspecified atom stereocenters. The fourth-order valence-corrected chi connectivity index (χ4v) is 5.11. The zero-order chi connectivity index (χ0) is 18.6. The first-order valence-electron chi connectivity index (χ1n) is 10.1. The van der Waals surface area contributed by atoms with Gasteiger partial charge in [-0.3, -0.25) is 0 Å². The summed E-state index contributed by atoms with van der Waals surface area (Å²) >= 11 is 0. The van der Waals surface area contributed by atoms with Crippen molar-refractivity contribution in [3.8, 4) is 0 Å². The number of fused-ring (bicyclic) bond motifs is 3. The summed E-state index contributed by atoms with van der Waals surface area (Å²) in [6.45, 7) is 1.08. The van der Waals surface area contributed by atoms with Crippen molar-refractivity contribution in [3.05, 3.63) is 96.1 Å². The Morgan fingerprint density at radius 3 is 1.93 bits per heavy atom. The Labute approximate surface area is 166 Å². The van der Waals surface area contributed by atoms with Gasteiger partial charge in [-0.1, -0.05) is 72.8 Å². The maximum Gasteiger partial charge on any atom is 0.400 e. The van der Waals surface area contributed by atoms with Gasteiger partial charge < -0.3 is 9.47 Å². The average molecular weight is 362 g/mol. The topological polar surface area (TPSA) is 12.5 Å². The Hall–Kier alpha value is -2.62. The third-order valence-electron chi connectivity index (χ3n) is 6.49. The van der Waals surface area contributed by atoms with Crippen molar-refractivity contribution in [2.24, 2.45) is 0 Å². The molecule has 2 saturated heterocycles. The first-order chi connectivity index (χ1) is 13.8. The van der Waals surface area contributed by atoms with Crippen LogP contribution in [-0.2, 0) is 10.3 Å². The maximum absolute atomic E-state index is 6.58. The van der Waals surface area contributed by atoms with Gasteiger partial charge in [0.2, 0.25) is 0 Å². The van der Waals surface area contributed by atoms with Crippen LogP contribution in [0.15, 0.2) is 84.9 Å². The van der Waals surface area contributed by atoms with Gasteiger partial charge in [-0.15, -0.1) is 0 Å². The second-order valence-electron chi connectivity index (χ2n) is 7.98. The molecule has 1 atom stereocenters. The third-order valence-corrected chi connectivity index (χ3v) is 6.49. The fraction of sp³-hybridized carbons (Fsp3) is 0.200. The average Bonchev–Trinajstić information content (AvgIpc) is 3.36. The zero-order valence-electron chi connectivity index (χ0n) is 15.7. The van der Waals surface area contributed by atoms with Crippen LogP contribution in [0.4, 0.5) is 0 Å². The van der Waals surface area contributed by atoms with Crippen molar-refractivity contribution in [3.63, 3.8) is 0 Å². The monoisotopic (exact) mass is 362 g/mol. The van der Waals surface area contributed by atoms with Crippen LogP contribution in [0.3, 0.4) is 0 Å². The normalized spacial score (nSPS) is 21.1. The van der Waals surface area contributed by atoms with Crippen LogP contribution in [0.2, 0.25) is 0 Å². The Balaban J connectivity index is 1.60. The molecule has 0 spiro atoms. The van der Waals surface area contributed by atoms with E-state index in [1.165, 1.54) is 39.1 Å². The van der Waals surface area contributed by atoms with E-state index in [0.29, 0.717) is 6.04 Å². The van der Waals surface area contributed by atoms with E-state index in [0.717, 1.165) is 13.0 Å². The van der Waals surface area contributed by atoms with E-state index in [9.17, 15) is 0 Å². The van der Waals surface area contributed by atoms with Crippen LogP contribution < -0.4 is 0 Å². The summed E-state index contributed by atoms with van der Waals surface area (Å²) in [6.07, 6.45) is 2.36. The Bertz CT molecular complexity index is 1110. The van der Waals surface area contributed by atoms with E-state index in [2.05, 4.69) is 89.7 Å². The van der Waals surface area contributed by atoms with Gasteiger partial charge in [0.05, 0.1) is 0 Å². The van der Waals surface area contributed by atoms with Crippen LogP contribution in [0, 0.1) is 0 Å². The SMILES string of the molecule is [B]1OC(c2ccc3ccccc3c2)(c2ccc3ccccc3c2)[C@H]2CCCN12. The second kappa shape index (κ2) is 6.20. The second-order valence-corrected chi connectivity index (χ2v) is 7.98. The summed E-state index contributed by atoms with van der Waals surface area (Å²) in [6, 6.07) is 31.1. The highest BCUT2D eigenvalue weighted by molar-refractivity contribution is 6.25. The lowest BCUT2D eigenvalue weighted by atomic mass is 9.78. The van der Waals surface area contributed by atoms with Gasteiger partial charge in [0, 0.05) is 6.04 Å². The molecule has 2 heterocycles. The van der Waals surface area contributed by atoms with Crippen molar-refractivity contribution in [2.45, 2.75) is 24.5 Å². The van der Waals surface area contributed by atoms with Crippen LogP contribution in [0.1, 0.15) is 24.0 Å². The predicted molar refractivity (Wildman–Crippen MR) is 115 cm³/mol. The highest BCUT2D eigenvalue weighted by Gasteiger charge is 2.53. The molecule has 135 valence electrons. The van der Waals surface area contributed by atoms with Crippen molar-refractivity contribution in [1.29, 1.82) is 0 Å². The van der Waals surface area contributed by atoms with Gasteiger partial charge in [-0.25, -0.2) is 0 Å². The molecule has 0 saturated carbocycles. The molecule has 1 radical (unpaired) electrons. The molecule has 28 heavy (non-hydrogen) atoms. The summed E-state index contributed by atoms with van der Waals surface area (Å²) < 4.78 is 6.58. The van der Waals surface area contributed by atoms with Gasteiger partial charge in [-0.2, -0.15) is 0 Å². The standard InChI is InChI=1S/C25H21BNO/c1-3-8-20-16-22(13-11-18(20)6-1)25(24-10-5-15-27(24)26-28-25)23-14-12-19-7-2-4-9-21(19)17-23/h1-4,6-9,11-14,16-17,24H,5,10,15H2/t24-/m1/s1. The van der Waals surface area contributed by atoms with E-state index in [1.54, 1.807) is 0 Å². The molecule has 4 aromatic rings. The Morgan fingerprint density at radius 2 is 1.32 bits per heavy atom. The first kappa shape index (κ1) is 16.3. The van der Waals surface area contributed by atoms with Crippen LogP contribution in [0.5, 0.6) is 0 Å². The summed E-state index contributed by atoms with van der Waals surface area (Å²) in [5, 5.41) is 5.07.